The molecule has 0 N–H and O–H groups in total. The van der Waals surface area contributed by atoms with Crippen LogP contribution in [0.3, 0.4) is 0 Å². The van der Waals surface area contributed by atoms with Crippen LogP contribution in [0.4, 0.5) is 0 Å². The first-order chi connectivity index (χ1) is 12.1. The molecule has 0 spiro atoms. The van der Waals surface area contributed by atoms with E-state index in [4.69, 9.17) is 0 Å². The molecule has 1 atom stereocenters. The molecule has 0 bridgehead atoms. The molecule has 0 aliphatic heterocycles. The van der Waals surface area contributed by atoms with Crippen molar-refractivity contribution in [1.29, 1.82) is 0 Å². The Morgan fingerprint density at radius 3 is 2.24 bits per heavy atom. The Morgan fingerprint density at radius 2 is 1.64 bits per heavy atom. The Hall–Kier alpha value is -2.46. The van der Waals surface area contributed by atoms with E-state index in [-0.39, 0.29) is 0 Å². The zero-order valence-corrected chi connectivity index (χ0v) is 15.1. The van der Waals surface area contributed by atoms with Crippen LogP contribution in [0, 0.1) is 0 Å². The minimum absolute atomic E-state index is 0.381. The average molecular weight is 332 g/mol. The van der Waals surface area contributed by atoms with Crippen LogP contribution in [0.5, 0.6) is 0 Å². The van der Waals surface area contributed by atoms with Crippen molar-refractivity contribution < 1.29 is 0 Å². The van der Waals surface area contributed by atoms with Crippen LogP contribution in [0.2, 0.25) is 0 Å². The third-order valence-corrected chi connectivity index (χ3v) is 5.38. The molecular weight excluding hydrogens is 308 g/mol. The summed E-state index contributed by atoms with van der Waals surface area (Å²) in [5.74, 6) is 0. The van der Waals surface area contributed by atoms with E-state index in [2.05, 4.69) is 91.0 Å². The van der Waals surface area contributed by atoms with Gasteiger partial charge in [-0.05, 0) is 50.6 Å². The summed E-state index contributed by atoms with van der Waals surface area (Å²) in [5.41, 5.74) is 6.25. The first-order valence-corrected chi connectivity index (χ1v) is 8.87. The van der Waals surface area contributed by atoms with Crippen molar-refractivity contribution in [3.05, 3.63) is 71.4 Å². The average Bonchev–Trinajstić information content (AvgIpc) is 3.27. The molecular formula is C21H24N4. The lowest BCUT2D eigenvalue weighted by Gasteiger charge is -2.20. The van der Waals surface area contributed by atoms with Gasteiger partial charge in [0.05, 0.1) is 12.2 Å². The van der Waals surface area contributed by atoms with Gasteiger partial charge < -0.3 is 4.90 Å². The Morgan fingerprint density at radius 1 is 1.00 bits per heavy atom. The summed E-state index contributed by atoms with van der Waals surface area (Å²) < 4.78 is 2.03. The summed E-state index contributed by atoms with van der Waals surface area (Å²) in [6.45, 7) is 2.21. The van der Waals surface area contributed by atoms with Gasteiger partial charge in [0.1, 0.15) is 5.69 Å². The van der Waals surface area contributed by atoms with Gasteiger partial charge in [0.25, 0.3) is 0 Å². The highest BCUT2D eigenvalue weighted by Crippen LogP contribution is 2.30. The zero-order chi connectivity index (χ0) is 17.4. The van der Waals surface area contributed by atoms with Gasteiger partial charge in [-0.15, -0.1) is 5.10 Å². The third kappa shape index (κ3) is 3.10. The van der Waals surface area contributed by atoms with E-state index >= 15 is 0 Å². The van der Waals surface area contributed by atoms with Crippen LogP contribution in [0.25, 0.3) is 11.3 Å². The molecule has 2 aromatic carbocycles. The summed E-state index contributed by atoms with van der Waals surface area (Å²) in [6, 6.07) is 18.1. The number of hydrogen-bond acceptors (Lipinski definition) is 3. The fourth-order valence-corrected chi connectivity index (χ4v) is 3.54. The van der Waals surface area contributed by atoms with Crippen LogP contribution < -0.4 is 0 Å². The molecule has 25 heavy (non-hydrogen) atoms. The number of rotatable bonds is 4. The summed E-state index contributed by atoms with van der Waals surface area (Å²) >= 11 is 0. The number of nitrogens with zero attached hydrogens (tertiary/aromatic N) is 4. The minimum Gasteiger partial charge on any atom is -0.303 e. The van der Waals surface area contributed by atoms with Crippen LogP contribution in [0.15, 0.2) is 54.7 Å². The summed E-state index contributed by atoms with van der Waals surface area (Å²) in [6.07, 6.45) is 4.16. The maximum atomic E-state index is 4.41. The topological polar surface area (TPSA) is 34.0 Å². The lowest BCUT2D eigenvalue weighted by Crippen LogP contribution is -2.16. The van der Waals surface area contributed by atoms with Crippen LogP contribution >= 0.6 is 0 Å². The standard InChI is InChI=1S/C21H24N4/c1-15(24(2)3)16-8-10-17(11-9-16)21-14-25(23-22-21)20-12-18-6-4-5-7-19(18)13-20/h4-11,14-15,20H,12-13H2,1-3H3. The van der Waals surface area contributed by atoms with Crippen molar-refractivity contribution in [3.63, 3.8) is 0 Å². The minimum atomic E-state index is 0.381. The zero-order valence-electron chi connectivity index (χ0n) is 15.1. The maximum absolute atomic E-state index is 4.41. The molecule has 1 unspecified atom stereocenters. The largest absolute Gasteiger partial charge is 0.303 e. The Balaban J connectivity index is 1.52. The van der Waals surface area contributed by atoms with Gasteiger partial charge in [0.15, 0.2) is 0 Å². The molecule has 1 aliphatic rings. The van der Waals surface area contributed by atoms with Crippen molar-refractivity contribution in [1.82, 2.24) is 19.9 Å². The SMILES string of the molecule is CC(c1ccc(-c2cn(C3Cc4ccccc4C3)nn2)cc1)N(C)C. The van der Waals surface area contributed by atoms with E-state index in [1.807, 2.05) is 4.68 Å². The lowest BCUT2D eigenvalue weighted by atomic mass is 10.0. The molecule has 0 saturated heterocycles. The van der Waals surface area contributed by atoms with Gasteiger partial charge in [-0.25, -0.2) is 4.68 Å². The van der Waals surface area contributed by atoms with Gasteiger partial charge in [-0.2, -0.15) is 0 Å². The smallest absolute Gasteiger partial charge is 0.113 e. The Labute approximate surface area is 149 Å². The molecule has 0 saturated carbocycles. The molecule has 0 fully saturated rings. The van der Waals surface area contributed by atoms with E-state index in [1.165, 1.54) is 16.7 Å². The van der Waals surface area contributed by atoms with Gasteiger partial charge in [0, 0.05) is 11.6 Å². The van der Waals surface area contributed by atoms with Crippen molar-refractivity contribution in [2.75, 3.05) is 14.1 Å². The predicted molar refractivity (Wildman–Crippen MR) is 100 cm³/mol. The number of fused-ring (bicyclic) bond motifs is 1. The van der Waals surface area contributed by atoms with Crippen molar-refractivity contribution in [2.45, 2.75) is 31.8 Å². The molecule has 4 heteroatoms. The predicted octanol–water partition coefficient (Wildman–Crippen LogP) is 3.91. The Kier molecular flexibility index (Phi) is 4.14. The second kappa shape index (κ2) is 6.45. The maximum Gasteiger partial charge on any atom is 0.113 e. The number of aromatic nitrogens is 3. The van der Waals surface area contributed by atoms with Crippen LogP contribution in [-0.2, 0) is 12.8 Å². The molecule has 1 heterocycles. The third-order valence-electron chi connectivity index (χ3n) is 5.38. The van der Waals surface area contributed by atoms with E-state index < -0.39 is 0 Å². The van der Waals surface area contributed by atoms with Gasteiger partial charge in [0.2, 0.25) is 0 Å². The Bertz CT molecular complexity index is 839. The van der Waals surface area contributed by atoms with E-state index in [1.54, 1.807) is 0 Å². The normalized spacial score (nSPS) is 15.5. The molecule has 3 aromatic rings. The summed E-state index contributed by atoms with van der Waals surface area (Å²) in [7, 11) is 4.20. The number of hydrogen-bond donors (Lipinski definition) is 0. The molecule has 0 amide bonds. The van der Waals surface area contributed by atoms with Gasteiger partial charge >= 0.3 is 0 Å². The molecule has 4 rings (SSSR count). The van der Waals surface area contributed by atoms with Gasteiger partial charge in [-0.1, -0.05) is 53.7 Å². The van der Waals surface area contributed by atoms with E-state index in [9.17, 15) is 0 Å². The van der Waals surface area contributed by atoms with Crippen molar-refractivity contribution in [2.24, 2.45) is 0 Å². The molecule has 1 aliphatic carbocycles. The highest BCUT2D eigenvalue weighted by Gasteiger charge is 2.23. The monoisotopic (exact) mass is 332 g/mol. The molecule has 0 radical (unpaired) electrons. The first-order valence-electron chi connectivity index (χ1n) is 8.87. The quantitative estimate of drug-likeness (QED) is 0.726. The molecule has 128 valence electrons. The lowest BCUT2D eigenvalue weighted by molar-refractivity contribution is 0.321. The highest BCUT2D eigenvalue weighted by molar-refractivity contribution is 5.58. The van der Waals surface area contributed by atoms with Crippen LogP contribution in [0.1, 0.15) is 35.7 Å². The molecule has 4 nitrogen and oxygen atoms in total. The second-order valence-electron chi connectivity index (χ2n) is 7.18. The summed E-state index contributed by atoms with van der Waals surface area (Å²) in [5, 5.41) is 8.81. The van der Waals surface area contributed by atoms with Crippen molar-refractivity contribution in [3.8, 4) is 11.3 Å². The second-order valence-corrected chi connectivity index (χ2v) is 7.18. The number of benzene rings is 2. The fourth-order valence-electron chi connectivity index (χ4n) is 3.54. The molecule has 1 aromatic heterocycles. The summed E-state index contributed by atoms with van der Waals surface area (Å²) in [4.78, 5) is 2.21. The fraction of sp³-hybridized carbons (Fsp3) is 0.333. The highest BCUT2D eigenvalue weighted by atomic mass is 15.4. The van der Waals surface area contributed by atoms with Crippen LogP contribution in [-0.4, -0.2) is 34.0 Å². The van der Waals surface area contributed by atoms with Gasteiger partial charge in [-0.3, -0.25) is 0 Å². The van der Waals surface area contributed by atoms with Crippen molar-refractivity contribution >= 4 is 0 Å². The van der Waals surface area contributed by atoms with E-state index in [0.717, 1.165) is 24.1 Å². The first kappa shape index (κ1) is 16.0. The van der Waals surface area contributed by atoms with E-state index in [0.29, 0.717) is 12.1 Å².